The van der Waals surface area contributed by atoms with E-state index >= 15 is 0 Å². The molecule has 1 rings (SSSR count). The number of benzene rings is 1. The largest absolute Gasteiger partial charge is 0.465 e. The molecule has 6 nitrogen and oxygen atoms in total. The summed E-state index contributed by atoms with van der Waals surface area (Å²) in [5.41, 5.74) is 0. The predicted octanol–water partition coefficient (Wildman–Crippen LogP) is 1.37. The highest BCUT2D eigenvalue weighted by Gasteiger charge is 2.45. The van der Waals surface area contributed by atoms with Crippen LogP contribution < -0.4 is 0 Å². The summed E-state index contributed by atoms with van der Waals surface area (Å²) in [4.78, 5) is 22.2. The number of hydrogen-bond acceptors (Lipinski definition) is 6. The first-order valence-corrected chi connectivity index (χ1v) is 7.93. The maximum atomic E-state index is 13.7. The Morgan fingerprint density at radius 1 is 1.00 bits per heavy atom. The fourth-order valence-electron chi connectivity index (χ4n) is 1.64. The Bertz CT molecular complexity index is 699. The summed E-state index contributed by atoms with van der Waals surface area (Å²) >= 11 is 0. The molecule has 0 fully saturated rings. The molecule has 0 aliphatic heterocycles. The molecule has 0 spiro atoms. The molecule has 0 aromatic heterocycles. The van der Waals surface area contributed by atoms with E-state index in [1.54, 1.807) is 0 Å². The lowest BCUT2D eigenvalue weighted by Gasteiger charge is -2.15. The lowest BCUT2D eigenvalue weighted by Crippen LogP contribution is -2.41. The van der Waals surface area contributed by atoms with E-state index in [1.807, 2.05) is 0 Å². The van der Waals surface area contributed by atoms with Crippen LogP contribution in [0.5, 0.6) is 0 Å². The second kappa shape index (κ2) is 7.44. The second-order valence-electron chi connectivity index (χ2n) is 4.10. The van der Waals surface area contributed by atoms with Crippen molar-refractivity contribution in [3.05, 3.63) is 29.6 Å². The van der Waals surface area contributed by atoms with E-state index in [9.17, 15) is 31.2 Å². The SMILES string of the molecule is CCOC(=O)C(C(=O)OCC)S(=O)(=O)c1ccc(F)c(F)c1F. The van der Waals surface area contributed by atoms with Crippen LogP contribution in [-0.4, -0.2) is 38.8 Å². The third-order valence-corrected chi connectivity index (χ3v) is 4.55. The minimum absolute atomic E-state index is 0.259. The zero-order valence-electron chi connectivity index (χ0n) is 12.1. The van der Waals surface area contributed by atoms with Crippen LogP contribution in [0, 0.1) is 17.5 Å². The van der Waals surface area contributed by atoms with Gasteiger partial charge in [0.15, 0.2) is 17.5 Å². The van der Waals surface area contributed by atoms with Gasteiger partial charge in [-0.1, -0.05) is 0 Å². The first kappa shape index (κ1) is 18.9. The van der Waals surface area contributed by atoms with Gasteiger partial charge in [0.25, 0.3) is 5.25 Å². The summed E-state index contributed by atoms with van der Waals surface area (Å²) in [6.45, 7) is 2.19. The van der Waals surface area contributed by atoms with Crippen molar-refractivity contribution < 1.29 is 40.7 Å². The molecule has 10 heteroatoms. The van der Waals surface area contributed by atoms with Gasteiger partial charge in [0.05, 0.1) is 13.2 Å². The Labute approximate surface area is 130 Å². The van der Waals surface area contributed by atoms with Gasteiger partial charge >= 0.3 is 11.9 Å². The molecule has 0 aliphatic carbocycles. The van der Waals surface area contributed by atoms with Gasteiger partial charge < -0.3 is 9.47 Å². The summed E-state index contributed by atoms with van der Waals surface area (Å²) < 4.78 is 73.4. The number of carbonyl (C=O) groups is 2. The van der Waals surface area contributed by atoms with Gasteiger partial charge in [0, 0.05) is 0 Å². The average molecular weight is 354 g/mol. The number of ether oxygens (including phenoxy) is 2. The Hall–Kier alpha value is -2.10. The smallest absolute Gasteiger partial charge is 0.336 e. The zero-order chi connectivity index (χ0) is 17.8. The van der Waals surface area contributed by atoms with Crippen LogP contribution >= 0.6 is 0 Å². The molecule has 0 atom stereocenters. The van der Waals surface area contributed by atoms with Crippen LogP contribution in [0.25, 0.3) is 0 Å². The standard InChI is InChI=1S/C13H13F3O6S/c1-3-21-12(17)11(13(18)22-4-2)23(19,20)8-6-5-7(14)9(15)10(8)16/h5-6,11H,3-4H2,1-2H3. The Balaban J connectivity index is 3.47. The number of hydrogen-bond donors (Lipinski definition) is 0. The van der Waals surface area contributed by atoms with Gasteiger partial charge in [0.2, 0.25) is 9.84 Å². The lowest BCUT2D eigenvalue weighted by molar-refractivity contribution is -0.153. The maximum absolute atomic E-state index is 13.7. The van der Waals surface area contributed by atoms with E-state index in [4.69, 9.17) is 0 Å². The van der Waals surface area contributed by atoms with Gasteiger partial charge in [-0.25, -0.2) is 31.2 Å². The third kappa shape index (κ3) is 3.81. The van der Waals surface area contributed by atoms with Gasteiger partial charge in [-0.2, -0.15) is 0 Å². The summed E-state index contributed by atoms with van der Waals surface area (Å²) in [5.74, 6) is -8.71. The molecule has 0 aliphatic rings. The normalized spacial score (nSPS) is 11.4. The summed E-state index contributed by atoms with van der Waals surface area (Å²) in [7, 11) is -5.04. The van der Waals surface area contributed by atoms with Crippen molar-refractivity contribution in [1.82, 2.24) is 0 Å². The van der Waals surface area contributed by atoms with Crippen molar-refractivity contribution >= 4 is 21.8 Å². The Kier molecular flexibility index (Phi) is 6.13. The van der Waals surface area contributed by atoms with Crippen molar-refractivity contribution in [3.63, 3.8) is 0 Å². The number of rotatable bonds is 6. The molecule has 0 bridgehead atoms. The molecule has 1 aromatic rings. The molecule has 23 heavy (non-hydrogen) atoms. The highest BCUT2D eigenvalue weighted by molar-refractivity contribution is 7.93. The number of sulfone groups is 1. The Morgan fingerprint density at radius 3 is 1.91 bits per heavy atom. The van der Waals surface area contributed by atoms with Crippen LogP contribution in [0.3, 0.4) is 0 Å². The molecule has 0 saturated heterocycles. The summed E-state index contributed by atoms with van der Waals surface area (Å²) in [5, 5.41) is -2.54. The van der Waals surface area contributed by atoms with Gasteiger partial charge in [-0.3, -0.25) is 0 Å². The zero-order valence-corrected chi connectivity index (χ0v) is 13.0. The first-order valence-electron chi connectivity index (χ1n) is 6.39. The van der Waals surface area contributed by atoms with E-state index in [0.717, 1.165) is 0 Å². The molecule has 0 saturated carbocycles. The van der Waals surface area contributed by atoms with Crippen LogP contribution in [0.2, 0.25) is 0 Å². The molecular formula is C13H13F3O6S. The van der Waals surface area contributed by atoms with Gasteiger partial charge in [-0.05, 0) is 26.0 Å². The first-order chi connectivity index (χ1) is 10.7. The second-order valence-corrected chi connectivity index (χ2v) is 6.10. The minimum atomic E-state index is -5.04. The van der Waals surface area contributed by atoms with E-state index in [2.05, 4.69) is 9.47 Å². The average Bonchev–Trinajstić information content (AvgIpc) is 2.45. The molecule has 1 aromatic carbocycles. The predicted molar refractivity (Wildman–Crippen MR) is 70.6 cm³/mol. The van der Waals surface area contributed by atoms with Crippen molar-refractivity contribution in [1.29, 1.82) is 0 Å². The van der Waals surface area contributed by atoms with Gasteiger partial charge in [0.1, 0.15) is 4.90 Å². The van der Waals surface area contributed by atoms with Crippen LogP contribution in [-0.2, 0) is 28.9 Å². The monoisotopic (exact) mass is 354 g/mol. The molecule has 0 radical (unpaired) electrons. The molecule has 128 valence electrons. The topological polar surface area (TPSA) is 86.7 Å². The quantitative estimate of drug-likeness (QED) is 0.332. The molecule has 0 N–H and O–H groups in total. The van der Waals surface area contributed by atoms with Gasteiger partial charge in [-0.15, -0.1) is 0 Å². The molecule has 0 amide bonds. The number of halogens is 3. The summed E-state index contributed by atoms with van der Waals surface area (Å²) in [6, 6.07) is 0.771. The fraction of sp³-hybridized carbons (Fsp3) is 0.385. The highest BCUT2D eigenvalue weighted by Crippen LogP contribution is 2.24. The Morgan fingerprint density at radius 2 is 1.48 bits per heavy atom. The van der Waals surface area contributed by atoms with E-state index in [1.165, 1.54) is 13.8 Å². The van der Waals surface area contributed by atoms with Crippen LogP contribution in [0.15, 0.2) is 17.0 Å². The van der Waals surface area contributed by atoms with Crippen molar-refractivity contribution in [3.8, 4) is 0 Å². The number of carbonyl (C=O) groups excluding carboxylic acids is 2. The lowest BCUT2D eigenvalue weighted by atomic mass is 10.3. The maximum Gasteiger partial charge on any atom is 0.336 e. The molecule has 0 heterocycles. The van der Waals surface area contributed by atoms with Crippen LogP contribution in [0.4, 0.5) is 13.2 Å². The molecular weight excluding hydrogens is 341 g/mol. The van der Waals surface area contributed by atoms with Crippen molar-refractivity contribution in [2.75, 3.05) is 13.2 Å². The van der Waals surface area contributed by atoms with Crippen LogP contribution in [0.1, 0.15) is 13.8 Å². The summed E-state index contributed by atoms with van der Waals surface area (Å²) in [6.07, 6.45) is 0. The van der Waals surface area contributed by atoms with E-state index in [-0.39, 0.29) is 13.2 Å². The van der Waals surface area contributed by atoms with E-state index in [0.29, 0.717) is 12.1 Å². The van der Waals surface area contributed by atoms with Crippen molar-refractivity contribution in [2.45, 2.75) is 24.0 Å². The minimum Gasteiger partial charge on any atom is -0.465 e. The number of esters is 2. The highest BCUT2D eigenvalue weighted by atomic mass is 32.2. The van der Waals surface area contributed by atoms with Crippen molar-refractivity contribution in [2.24, 2.45) is 0 Å². The van der Waals surface area contributed by atoms with E-state index < -0.39 is 49.4 Å². The molecule has 0 unspecified atom stereocenters. The third-order valence-electron chi connectivity index (χ3n) is 2.62. The fourth-order valence-corrected chi connectivity index (χ4v) is 3.13.